The van der Waals surface area contributed by atoms with Crippen LogP contribution in [0.3, 0.4) is 0 Å². The van der Waals surface area contributed by atoms with Gasteiger partial charge in [0.2, 0.25) is 0 Å². The molecule has 0 radical (unpaired) electrons. The van der Waals surface area contributed by atoms with Crippen molar-refractivity contribution in [2.45, 2.75) is 37.5 Å². The molecule has 10 aromatic carbocycles. The van der Waals surface area contributed by atoms with E-state index in [0.717, 1.165) is 28.9 Å². The Hall–Kier alpha value is -8.20. The molecule has 0 atom stereocenters. The van der Waals surface area contributed by atoms with Gasteiger partial charge in [-0.05, 0) is 172 Å². The van der Waals surface area contributed by atoms with E-state index in [1.807, 2.05) is 0 Å². The van der Waals surface area contributed by atoms with Gasteiger partial charge >= 0.3 is 0 Å². The lowest BCUT2D eigenvalue weighted by Crippen LogP contribution is -2.55. The summed E-state index contributed by atoms with van der Waals surface area (Å²) in [5.41, 5.74) is 22.8. The Bertz CT molecular complexity index is 3870. The molecule has 2 nitrogen and oxygen atoms in total. The Morgan fingerprint density at radius 3 is 1.64 bits per heavy atom. The van der Waals surface area contributed by atoms with Gasteiger partial charge in [0.25, 0.3) is 0 Å². The molecule has 2 heteroatoms. The average Bonchev–Trinajstić information content (AvgIpc) is 3.94. The van der Waals surface area contributed by atoms with Crippen LogP contribution in [-0.4, -0.2) is 4.57 Å². The van der Waals surface area contributed by atoms with Gasteiger partial charge in [-0.2, -0.15) is 0 Å². The van der Waals surface area contributed by atoms with Crippen LogP contribution in [0.25, 0.3) is 83.1 Å². The summed E-state index contributed by atoms with van der Waals surface area (Å²) in [6, 6.07) is 90.9. The molecule has 0 saturated heterocycles. The Morgan fingerprint density at radius 1 is 0.347 bits per heavy atom. The van der Waals surface area contributed by atoms with E-state index in [-0.39, 0.29) is 5.41 Å². The van der Waals surface area contributed by atoms with Crippen molar-refractivity contribution in [2.75, 3.05) is 4.90 Å². The van der Waals surface area contributed by atoms with E-state index in [1.165, 1.54) is 115 Å². The van der Waals surface area contributed by atoms with Crippen molar-refractivity contribution in [3.05, 3.63) is 254 Å². The summed E-state index contributed by atoms with van der Waals surface area (Å²) in [5, 5.41) is 2.52. The van der Waals surface area contributed by atoms with E-state index in [2.05, 4.69) is 252 Å². The first-order valence-corrected chi connectivity index (χ1v) is 26.3. The third kappa shape index (κ3) is 6.21. The van der Waals surface area contributed by atoms with Crippen molar-refractivity contribution in [3.63, 3.8) is 0 Å². The van der Waals surface area contributed by atoms with Crippen molar-refractivity contribution < 1.29 is 0 Å². The highest BCUT2D eigenvalue weighted by atomic mass is 15.1. The second-order valence-corrected chi connectivity index (χ2v) is 21.2. The quantitative estimate of drug-likeness (QED) is 0.147. The summed E-state index contributed by atoms with van der Waals surface area (Å²) in [7, 11) is 0. The van der Waals surface area contributed by atoms with Crippen molar-refractivity contribution in [3.8, 4) is 61.3 Å². The van der Waals surface area contributed by atoms with E-state index in [4.69, 9.17) is 0 Å². The van der Waals surface area contributed by atoms with Crippen LogP contribution in [0.15, 0.2) is 243 Å². The zero-order valence-corrected chi connectivity index (χ0v) is 40.3. The molecule has 11 aromatic rings. The number of nitrogens with zero attached hydrogens (tertiary/aromatic N) is 2. The maximum atomic E-state index is 2.58. The normalized spacial score (nSPS) is 20.3. The van der Waals surface area contributed by atoms with Gasteiger partial charge < -0.3 is 9.47 Å². The molecule has 5 aliphatic rings. The monoisotopic (exact) mass is 922 g/mol. The Labute approximate surface area is 422 Å². The molecule has 0 unspecified atom stereocenters. The lowest BCUT2D eigenvalue weighted by molar-refractivity contribution is -0.0399. The van der Waals surface area contributed by atoms with Crippen LogP contribution in [0.5, 0.6) is 0 Å². The van der Waals surface area contributed by atoms with Gasteiger partial charge in [0.15, 0.2) is 0 Å². The van der Waals surface area contributed by atoms with Gasteiger partial charge in [-0.25, -0.2) is 0 Å². The maximum absolute atomic E-state index is 2.58. The maximum Gasteiger partial charge on any atom is 0.0547 e. The predicted molar refractivity (Wildman–Crippen MR) is 300 cm³/mol. The van der Waals surface area contributed by atoms with E-state index in [1.54, 1.807) is 11.1 Å². The number of rotatable bonds is 8. The average molecular weight is 923 g/mol. The van der Waals surface area contributed by atoms with Gasteiger partial charge in [-0.1, -0.05) is 188 Å². The zero-order valence-electron chi connectivity index (χ0n) is 40.3. The Balaban J connectivity index is 0.952. The number of hydrogen-bond donors (Lipinski definition) is 0. The molecule has 72 heavy (non-hydrogen) atoms. The summed E-state index contributed by atoms with van der Waals surface area (Å²) >= 11 is 0. The molecule has 4 bridgehead atoms. The first-order chi connectivity index (χ1) is 35.7. The molecule has 1 spiro atoms. The van der Waals surface area contributed by atoms with Crippen molar-refractivity contribution in [1.29, 1.82) is 0 Å². The summed E-state index contributed by atoms with van der Waals surface area (Å²) < 4.78 is 2.42. The van der Waals surface area contributed by atoms with Gasteiger partial charge in [-0.3, -0.25) is 0 Å². The van der Waals surface area contributed by atoms with E-state index in [0.29, 0.717) is 11.8 Å². The van der Waals surface area contributed by atoms with Crippen LogP contribution in [0.2, 0.25) is 0 Å². The van der Waals surface area contributed by atoms with Gasteiger partial charge in [0.05, 0.1) is 16.7 Å². The minimum atomic E-state index is 0.100. The molecule has 16 rings (SSSR count). The molecule has 344 valence electrons. The second-order valence-electron chi connectivity index (χ2n) is 21.2. The minimum absolute atomic E-state index is 0.100. The number of hydrogen-bond acceptors (Lipinski definition) is 1. The molecule has 1 aromatic heterocycles. The Morgan fingerprint density at radius 2 is 0.875 bits per heavy atom. The van der Waals surface area contributed by atoms with Crippen LogP contribution in [0.1, 0.15) is 43.2 Å². The standard InChI is InChI=1S/C70H54N2/c1-3-19-48(20-4-1)55-25-7-8-26-57(55)58-27-9-10-28-59(58)61-30-12-15-34-66(61)71(54-37-38-65-63(45-54)60-29-11-14-33-64(60)70(65)50-40-46-39-47(42-50)43-51(70)41-46)53-24-17-21-49(44-53)56-32-18-36-68-69(56)62-31-13-16-35-67(62)72(68)52-22-5-2-6-23-52/h1-38,44-47,50-51H,39-43H2. The highest BCUT2D eigenvalue weighted by molar-refractivity contribution is 6.16. The number of fused-ring (bicyclic) bond motifs is 6. The van der Waals surface area contributed by atoms with Gasteiger partial charge in [-0.15, -0.1) is 0 Å². The van der Waals surface area contributed by atoms with Crippen LogP contribution < -0.4 is 4.90 Å². The topological polar surface area (TPSA) is 8.17 Å². The summed E-state index contributed by atoms with van der Waals surface area (Å²) in [4.78, 5) is 2.57. The van der Waals surface area contributed by atoms with Gasteiger partial charge in [0, 0.05) is 38.8 Å². The first kappa shape index (κ1) is 41.6. The fourth-order valence-corrected chi connectivity index (χ4v) is 15.1. The molecule has 0 amide bonds. The van der Waals surface area contributed by atoms with Crippen molar-refractivity contribution in [2.24, 2.45) is 23.7 Å². The third-order valence-corrected chi connectivity index (χ3v) is 17.6. The molecular formula is C70H54N2. The molecular weight excluding hydrogens is 869 g/mol. The smallest absolute Gasteiger partial charge is 0.0547 e. The SMILES string of the molecule is c1ccc(-c2ccccc2-c2ccccc2-c2ccccc2N(c2cccc(-c3cccc4c3c3ccccc3n4-c3ccccc3)c2)c2ccc3c(c2)-c2ccccc2C32C3CC4CC(C3)CC2C4)cc1. The first-order valence-electron chi connectivity index (χ1n) is 26.3. The lowest BCUT2D eigenvalue weighted by Gasteiger charge is -2.61. The number of benzene rings is 10. The number of anilines is 3. The molecule has 4 saturated carbocycles. The third-order valence-electron chi connectivity index (χ3n) is 17.6. The van der Waals surface area contributed by atoms with E-state index < -0.39 is 0 Å². The molecule has 1 heterocycles. The highest BCUT2D eigenvalue weighted by Crippen LogP contribution is 2.69. The number of aromatic nitrogens is 1. The van der Waals surface area contributed by atoms with Crippen LogP contribution in [0, 0.1) is 23.7 Å². The highest BCUT2D eigenvalue weighted by Gasteiger charge is 2.61. The molecule has 0 aliphatic heterocycles. The summed E-state index contributed by atoms with van der Waals surface area (Å²) in [5.74, 6) is 3.22. The Kier molecular flexibility index (Phi) is 9.49. The molecule has 4 fully saturated rings. The zero-order chi connectivity index (χ0) is 47.3. The van der Waals surface area contributed by atoms with E-state index >= 15 is 0 Å². The largest absolute Gasteiger partial charge is 0.310 e. The fraction of sp³-hybridized carbons (Fsp3) is 0.143. The summed E-state index contributed by atoms with van der Waals surface area (Å²) in [6.45, 7) is 0. The number of para-hydroxylation sites is 3. The molecule has 5 aliphatic carbocycles. The van der Waals surface area contributed by atoms with Crippen LogP contribution in [-0.2, 0) is 5.41 Å². The van der Waals surface area contributed by atoms with Crippen LogP contribution in [0.4, 0.5) is 17.1 Å². The predicted octanol–water partition coefficient (Wildman–Crippen LogP) is 18.6. The molecule has 0 N–H and O–H groups in total. The van der Waals surface area contributed by atoms with Crippen molar-refractivity contribution >= 4 is 38.9 Å². The van der Waals surface area contributed by atoms with Crippen LogP contribution >= 0.6 is 0 Å². The second kappa shape index (κ2) is 16.4. The fourth-order valence-electron chi connectivity index (χ4n) is 15.1. The summed E-state index contributed by atoms with van der Waals surface area (Å²) in [6.07, 6.45) is 6.95. The van der Waals surface area contributed by atoms with Gasteiger partial charge in [0.1, 0.15) is 0 Å². The van der Waals surface area contributed by atoms with E-state index in [9.17, 15) is 0 Å². The van der Waals surface area contributed by atoms with Crippen molar-refractivity contribution in [1.82, 2.24) is 4.57 Å². The lowest BCUT2D eigenvalue weighted by atomic mass is 9.43. The minimum Gasteiger partial charge on any atom is -0.310 e.